The van der Waals surface area contributed by atoms with Crippen LogP contribution in [0.1, 0.15) is 12.8 Å². The van der Waals surface area contributed by atoms with Crippen molar-refractivity contribution >= 4 is 32.5 Å². The van der Waals surface area contributed by atoms with Gasteiger partial charge in [-0.15, -0.1) is 0 Å². The molecule has 4 heteroatoms. The number of anilines is 1. The monoisotopic (exact) mass is 305 g/mol. The number of nitrogens with one attached hydrogen (secondary N) is 1. The van der Waals surface area contributed by atoms with Crippen LogP contribution in [-0.4, -0.2) is 17.6 Å². The van der Waals surface area contributed by atoms with Gasteiger partial charge >= 0.3 is 0 Å². The van der Waals surface area contributed by atoms with Gasteiger partial charge in [0.15, 0.2) is 0 Å². The SMILES string of the molecule is NC1CC(CNc2nccc3c(Br)cccc23)C1. The Kier molecular flexibility index (Phi) is 3.22. The van der Waals surface area contributed by atoms with Crippen LogP contribution in [0.25, 0.3) is 10.8 Å². The zero-order chi connectivity index (χ0) is 12.5. The molecule has 1 aliphatic rings. The number of benzene rings is 1. The van der Waals surface area contributed by atoms with Gasteiger partial charge in [-0.25, -0.2) is 4.98 Å². The molecule has 0 radical (unpaired) electrons. The van der Waals surface area contributed by atoms with Gasteiger partial charge in [-0.05, 0) is 30.9 Å². The van der Waals surface area contributed by atoms with E-state index in [4.69, 9.17) is 5.73 Å². The molecular weight excluding hydrogens is 290 g/mol. The van der Waals surface area contributed by atoms with Crippen molar-refractivity contribution in [2.45, 2.75) is 18.9 Å². The second-order valence-electron chi connectivity index (χ2n) is 4.97. The summed E-state index contributed by atoms with van der Waals surface area (Å²) in [5.41, 5.74) is 5.80. The van der Waals surface area contributed by atoms with Crippen molar-refractivity contribution in [3.8, 4) is 0 Å². The summed E-state index contributed by atoms with van der Waals surface area (Å²) in [5, 5.41) is 5.81. The quantitative estimate of drug-likeness (QED) is 0.916. The summed E-state index contributed by atoms with van der Waals surface area (Å²) in [5.74, 6) is 1.67. The third-order valence-electron chi connectivity index (χ3n) is 3.58. The molecule has 3 nitrogen and oxygen atoms in total. The lowest BCUT2D eigenvalue weighted by atomic mass is 9.81. The van der Waals surface area contributed by atoms with E-state index in [2.05, 4.69) is 38.4 Å². The number of rotatable bonds is 3. The van der Waals surface area contributed by atoms with Crippen LogP contribution in [0.3, 0.4) is 0 Å². The molecule has 1 aromatic heterocycles. The van der Waals surface area contributed by atoms with E-state index in [1.54, 1.807) is 0 Å². The maximum atomic E-state index is 5.80. The first-order valence-corrected chi connectivity index (χ1v) is 7.06. The van der Waals surface area contributed by atoms with Crippen LogP contribution in [0.2, 0.25) is 0 Å². The Morgan fingerprint density at radius 2 is 2.11 bits per heavy atom. The molecule has 3 N–H and O–H groups in total. The van der Waals surface area contributed by atoms with E-state index < -0.39 is 0 Å². The highest BCUT2D eigenvalue weighted by molar-refractivity contribution is 9.10. The molecule has 0 amide bonds. The number of aromatic nitrogens is 1. The minimum Gasteiger partial charge on any atom is -0.369 e. The maximum Gasteiger partial charge on any atom is 0.133 e. The fourth-order valence-electron chi connectivity index (χ4n) is 2.50. The Bertz CT molecular complexity index is 564. The number of nitrogens with two attached hydrogens (primary N) is 1. The topological polar surface area (TPSA) is 50.9 Å². The van der Waals surface area contributed by atoms with Crippen LogP contribution < -0.4 is 11.1 Å². The molecular formula is C14H16BrN3. The Morgan fingerprint density at radius 1 is 1.28 bits per heavy atom. The van der Waals surface area contributed by atoms with Crippen LogP contribution in [0, 0.1) is 5.92 Å². The van der Waals surface area contributed by atoms with Crippen LogP contribution in [0.5, 0.6) is 0 Å². The lowest BCUT2D eigenvalue weighted by Gasteiger charge is -2.32. The van der Waals surface area contributed by atoms with Gasteiger partial charge in [0.2, 0.25) is 0 Å². The third-order valence-corrected chi connectivity index (χ3v) is 4.27. The predicted octanol–water partition coefficient (Wildman–Crippen LogP) is 3.15. The second kappa shape index (κ2) is 4.86. The van der Waals surface area contributed by atoms with Gasteiger partial charge in [0, 0.05) is 34.0 Å². The maximum absolute atomic E-state index is 5.80. The Morgan fingerprint density at radius 3 is 2.89 bits per heavy atom. The van der Waals surface area contributed by atoms with Crippen LogP contribution in [0.15, 0.2) is 34.9 Å². The number of fused-ring (bicyclic) bond motifs is 1. The predicted molar refractivity (Wildman–Crippen MR) is 78.6 cm³/mol. The van der Waals surface area contributed by atoms with Gasteiger partial charge < -0.3 is 11.1 Å². The summed E-state index contributed by atoms with van der Waals surface area (Å²) in [7, 11) is 0. The molecule has 1 aliphatic carbocycles. The summed E-state index contributed by atoms with van der Waals surface area (Å²) in [6, 6.07) is 8.63. The van der Waals surface area contributed by atoms with Gasteiger partial charge in [-0.2, -0.15) is 0 Å². The Balaban J connectivity index is 1.81. The van der Waals surface area contributed by atoms with Crippen molar-refractivity contribution in [3.05, 3.63) is 34.9 Å². The first-order valence-electron chi connectivity index (χ1n) is 6.26. The van der Waals surface area contributed by atoms with E-state index in [0.717, 1.165) is 35.1 Å². The van der Waals surface area contributed by atoms with E-state index in [0.29, 0.717) is 12.0 Å². The molecule has 0 unspecified atom stereocenters. The van der Waals surface area contributed by atoms with E-state index in [1.807, 2.05) is 18.3 Å². The molecule has 0 bridgehead atoms. The number of nitrogens with zero attached hydrogens (tertiary/aromatic N) is 1. The molecule has 1 aromatic carbocycles. The van der Waals surface area contributed by atoms with Gasteiger partial charge in [0.1, 0.15) is 5.82 Å². The van der Waals surface area contributed by atoms with Crippen molar-refractivity contribution in [3.63, 3.8) is 0 Å². The minimum atomic E-state index is 0.409. The van der Waals surface area contributed by atoms with Crippen molar-refractivity contribution in [1.82, 2.24) is 4.98 Å². The van der Waals surface area contributed by atoms with Crippen LogP contribution in [-0.2, 0) is 0 Å². The number of halogens is 1. The molecule has 3 rings (SSSR count). The van der Waals surface area contributed by atoms with Gasteiger partial charge in [0.25, 0.3) is 0 Å². The number of hydrogen-bond donors (Lipinski definition) is 2. The summed E-state index contributed by atoms with van der Waals surface area (Å²) >= 11 is 3.57. The lowest BCUT2D eigenvalue weighted by molar-refractivity contribution is 0.280. The van der Waals surface area contributed by atoms with Gasteiger partial charge in [-0.1, -0.05) is 28.1 Å². The number of pyridine rings is 1. The van der Waals surface area contributed by atoms with Gasteiger partial charge in [-0.3, -0.25) is 0 Å². The van der Waals surface area contributed by atoms with Crippen molar-refractivity contribution in [1.29, 1.82) is 0 Å². The first kappa shape index (κ1) is 11.9. The van der Waals surface area contributed by atoms with E-state index >= 15 is 0 Å². The zero-order valence-corrected chi connectivity index (χ0v) is 11.7. The van der Waals surface area contributed by atoms with Crippen molar-refractivity contribution in [2.24, 2.45) is 11.7 Å². The average Bonchev–Trinajstić information content (AvgIpc) is 2.34. The second-order valence-corrected chi connectivity index (χ2v) is 5.83. The molecule has 0 aliphatic heterocycles. The summed E-state index contributed by atoms with van der Waals surface area (Å²) in [6.45, 7) is 0.965. The molecule has 0 atom stereocenters. The summed E-state index contributed by atoms with van der Waals surface area (Å²) in [6.07, 6.45) is 4.10. The first-order chi connectivity index (χ1) is 8.74. The van der Waals surface area contributed by atoms with Crippen LogP contribution in [0.4, 0.5) is 5.82 Å². The lowest BCUT2D eigenvalue weighted by Crippen LogP contribution is -2.39. The van der Waals surface area contributed by atoms with Crippen LogP contribution >= 0.6 is 15.9 Å². The fraction of sp³-hybridized carbons (Fsp3) is 0.357. The smallest absolute Gasteiger partial charge is 0.133 e. The molecule has 2 aromatic rings. The molecule has 94 valence electrons. The van der Waals surface area contributed by atoms with Crippen molar-refractivity contribution < 1.29 is 0 Å². The fourth-order valence-corrected chi connectivity index (χ4v) is 3.00. The summed E-state index contributed by atoms with van der Waals surface area (Å²) in [4.78, 5) is 4.43. The molecule has 0 spiro atoms. The standard InChI is InChI=1S/C14H16BrN3/c15-13-3-1-2-12-11(13)4-5-17-14(12)18-8-9-6-10(16)7-9/h1-5,9-10H,6-8,16H2,(H,17,18). The highest BCUT2D eigenvalue weighted by Gasteiger charge is 2.25. The number of hydrogen-bond acceptors (Lipinski definition) is 3. The Hall–Kier alpha value is -1.13. The van der Waals surface area contributed by atoms with E-state index in [1.165, 1.54) is 5.39 Å². The van der Waals surface area contributed by atoms with E-state index in [-0.39, 0.29) is 0 Å². The third kappa shape index (κ3) is 2.22. The Labute approximate surface area is 115 Å². The summed E-state index contributed by atoms with van der Waals surface area (Å²) < 4.78 is 1.11. The molecule has 0 saturated heterocycles. The highest BCUT2D eigenvalue weighted by Crippen LogP contribution is 2.29. The van der Waals surface area contributed by atoms with E-state index in [9.17, 15) is 0 Å². The normalized spacial score (nSPS) is 22.8. The molecule has 1 fully saturated rings. The molecule has 1 saturated carbocycles. The minimum absolute atomic E-state index is 0.409. The molecule has 1 heterocycles. The zero-order valence-electron chi connectivity index (χ0n) is 10.1. The molecule has 18 heavy (non-hydrogen) atoms. The largest absolute Gasteiger partial charge is 0.369 e. The average molecular weight is 306 g/mol. The van der Waals surface area contributed by atoms with Crippen molar-refractivity contribution in [2.75, 3.05) is 11.9 Å². The van der Waals surface area contributed by atoms with Gasteiger partial charge in [0.05, 0.1) is 0 Å². The highest BCUT2D eigenvalue weighted by atomic mass is 79.9.